The molecule has 1 aromatic carbocycles. The molecular weight excluding hydrogens is 470 g/mol. The number of fused-ring (bicyclic) bond motifs is 1. The molecule has 0 bridgehead atoms. The molecule has 0 saturated carbocycles. The number of sulfonamides is 1. The molecule has 3 heterocycles. The number of thioether (sulfide) groups is 1. The van der Waals surface area contributed by atoms with Crippen LogP contribution in [0.4, 0.5) is 0 Å². The molecule has 0 radical (unpaired) electrons. The molecule has 11 heteroatoms. The molecule has 176 valence electrons. The van der Waals surface area contributed by atoms with Gasteiger partial charge in [-0.1, -0.05) is 38.6 Å². The normalized spacial score (nSPS) is 21.2. The van der Waals surface area contributed by atoms with E-state index in [0.29, 0.717) is 11.4 Å². The third kappa shape index (κ3) is 4.63. The topological polar surface area (TPSA) is 121 Å². The number of hydrogen-bond donors (Lipinski definition) is 1. The minimum atomic E-state index is -3.91. The number of primary sulfonamides is 1. The second-order valence-corrected chi connectivity index (χ2v) is 14.9. The van der Waals surface area contributed by atoms with Gasteiger partial charge in [-0.3, -0.25) is 0 Å². The van der Waals surface area contributed by atoms with Crippen molar-refractivity contribution >= 4 is 42.7 Å². The van der Waals surface area contributed by atoms with Crippen LogP contribution in [0.1, 0.15) is 45.9 Å². The molecule has 1 fully saturated rings. The van der Waals surface area contributed by atoms with E-state index in [1.54, 1.807) is 12.1 Å². The lowest BCUT2D eigenvalue weighted by atomic mass is 9.94. The summed E-state index contributed by atoms with van der Waals surface area (Å²) in [6.45, 7) is 8.64. The number of imidazole rings is 1. The number of allylic oxidation sites excluding steroid dienone is 1. The summed E-state index contributed by atoms with van der Waals surface area (Å²) in [4.78, 5) is 4.98. The Morgan fingerprint density at radius 1 is 1.19 bits per heavy atom. The number of rotatable bonds is 5. The molecular formula is C21H29N3O5S3. The summed E-state index contributed by atoms with van der Waals surface area (Å²) < 4.78 is 56.3. The van der Waals surface area contributed by atoms with Gasteiger partial charge in [-0.25, -0.2) is 27.0 Å². The minimum absolute atomic E-state index is 0.0945. The first-order valence-electron chi connectivity index (χ1n) is 10.6. The van der Waals surface area contributed by atoms with E-state index in [1.165, 1.54) is 6.08 Å². The van der Waals surface area contributed by atoms with E-state index in [4.69, 9.17) is 14.9 Å². The number of nitrogens with two attached hydrogens (primary N) is 1. The van der Waals surface area contributed by atoms with Crippen molar-refractivity contribution in [2.24, 2.45) is 11.1 Å². The second-order valence-electron chi connectivity index (χ2n) is 9.40. The van der Waals surface area contributed by atoms with Crippen molar-refractivity contribution in [3.8, 4) is 0 Å². The first kappa shape index (κ1) is 23.7. The predicted octanol–water partition coefficient (Wildman–Crippen LogP) is 3.13. The fraction of sp³-hybridized carbons (Fsp3) is 0.571. The molecule has 1 aromatic heterocycles. The van der Waals surface area contributed by atoms with Crippen LogP contribution in [-0.4, -0.2) is 44.2 Å². The third-order valence-corrected chi connectivity index (χ3v) is 11.3. The highest BCUT2D eigenvalue weighted by Gasteiger charge is 2.36. The highest BCUT2D eigenvalue weighted by molar-refractivity contribution is 8.24. The van der Waals surface area contributed by atoms with Gasteiger partial charge in [-0.15, -0.1) is 0 Å². The Balaban J connectivity index is 1.70. The van der Waals surface area contributed by atoms with Gasteiger partial charge in [0.2, 0.25) is 10.0 Å². The summed E-state index contributed by atoms with van der Waals surface area (Å²) in [6, 6.07) is 5.02. The van der Waals surface area contributed by atoms with Crippen molar-refractivity contribution in [2.75, 3.05) is 13.2 Å². The number of aromatic nitrogens is 2. The molecule has 1 saturated heterocycles. The van der Waals surface area contributed by atoms with E-state index >= 15 is 0 Å². The zero-order valence-electron chi connectivity index (χ0n) is 18.4. The van der Waals surface area contributed by atoms with Crippen LogP contribution < -0.4 is 5.14 Å². The van der Waals surface area contributed by atoms with E-state index in [2.05, 4.69) is 25.3 Å². The van der Waals surface area contributed by atoms with E-state index in [0.717, 1.165) is 55.7 Å². The fourth-order valence-electron chi connectivity index (χ4n) is 4.17. The maximum atomic E-state index is 13.2. The highest BCUT2D eigenvalue weighted by atomic mass is 32.3. The van der Waals surface area contributed by atoms with Crippen molar-refractivity contribution in [3.63, 3.8) is 0 Å². The van der Waals surface area contributed by atoms with Crippen LogP contribution in [0.3, 0.4) is 0 Å². The lowest BCUT2D eigenvalue weighted by Crippen LogP contribution is -2.25. The van der Waals surface area contributed by atoms with Crippen LogP contribution in [0.15, 0.2) is 33.4 Å². The van der Waals surface area contributed by atoms with E-state index in [9.17, 15) is 16.8 Å². The van der Waals surface area contributed by atoms with E-state index in [-0.39, 0.29) is 21.0 Å². The Morgan fingerprint density at radius 2 is 1.88 bits per heavy atom. The standard InChI is InChI=1S/C21H29N3O5S3/c1-21(2,3)20-23-16-12-15(31(25,26)18-6-7-19(30-18)32(22,27)28)4-5-17(16)24(20)13-14-8-10-29-11-9-14/h4-5,7,12,14,18H,6,8-11,13H2,1-3H3,(H2,22,27,28). The molecule has 2 aromatic rings. The molecule has 0 spiro atoms. The molecule has 2 aliphatic heterocycles. The maximum Gasteiger partial charge on any atom is 0.243 e. The molecule has 1 unspecified atom stereocenters. The quantitative estimate of drug-likeness (QED) is 0.671. The highest BCUT2D eigenvalue weighted by Crippen LogP contribution is 2.40. The molecule has 2 N–H and O–H groups in total. The van der Waals surface area contributed by atoms with Crippen molar-refractivity contribution in [1.82, 2.24) is 9.55 Å². The zero-order chi connectivity index (χ0) is 23.3. The molecule has 0 amide bonds. The van der Waals surface area contributed by atoms with Gasteiger partial charge < -0.3 is 9.30 Å². The van der Waals surface area contributed by atoms with Gasteiger partial charge in [0.25, 0.3) is 0 Å². The van der Waals surface area contributed by atoms with Gasteiger partial charge in [-0.05, 0) is 43.4 Å². The number of sulfone groups is 1. The molecule has 32 heavy (non-hydrogen) atoms. The first-order valence-corrected chi connectivity index (χ1v) is 14.6. The average molecular weight is 500 g/mol. The predicted molar refractivity (Wildman–Crippen MR) is 126 cm³/mol. The SMILES string of the molecule is CC(C)(C)c1nc2cc(S(=O)(=O)C3CC=C(S(N)(=O)=O)S3)ccc2n1CC1CCOCC1. The van der Waals surface area contributed by atoms with E-state index < -0.39 is 24.4 Å². The number of hydrogen-bond acceptors (Lipinski definition) is 7. The van der Waals surface area contributed by atoms with Crippen LogP contribution in [-0.2, 0) is 36.6 Å². The average Bonchev–Trinajstić information content (AvgIpc) is 3.34. The molecule has 1 atom stereocenters. The number of benzene rings is 1. The van der Waals surface area contributed by atoms with Gasteiger partial charge in [0.05, 0.1) is 15.9 Å². The van der Waals surface area contributed by atoms with E-state index in [1.807, 2.05) is 6.07 Å². The Labute approximate surface area is 193 Å². The van der Waals surface area contributed by atoms with Gasteiger partial charge in [0, 0.05) is 25.2 Å². The van der Waals surface area contributed by atoms with Gasteiger partial charge >= 0.3 is 0 Å². The smallest absolute Gasteiger partial charge is 0.243 e. The summed E-state index contributed by atoms with van der Waals surface area (Å²) in [5.74, 6) is 1.41. The fourth-order valence-corrected chi connectivity index (χ4v) is 8.55. The Hall–Kier alpha value is -1.40. The van der Waals surface area contributed by atoms with Crippen molar-refractivity contribution in [2.45, 2.75) is 61.5 Å². The maximum absolute atomic E-state index is 13.2. The minimum Gasteiger partial charge on any atom is -0.381 e. The van der Waals surface area contributed by atoms with Crippen LogP contribution in [0.2, 0.25) is 0 Å². The van der Waals surface area contributed by atoms with Crippen molar-refractivity contribution < 1.29 is 21.6 Å². The lowest BCUT2D eigenvalue weighted by molar-refractivity contribution is 0.0611. The largest absolute Gasteiger partial charge is 0.381 e. The summed E-state index contributed by atoms with van der Waals surface area (Å²) in [5.41, 5.74) is 1.33. The molecule has 4 rings (SSSR count). The molecule has 8 nitrogen and oxygen atoms in total. The Morgan fingerprint density at radius 3 is 2.47 bits per heavy atom. The van der Waals surface area contributed by atoms with Crippen molar-refractivity contribution in [1.29, 1.82) is 0 Å². The van der Waals surface area contributed by atoms with Crippen LogP contribution in [0.5, 0.6) is 0 Å². The van der Waals surface area contributed by atoms with Gasteiger partial charge in [-0.2, -0.15) is 0 Å². The molecule has 0 aliphatic carbocycles. The van der Waals surface area contributed by atoms with Gasteiger partial charge in [0.1, 0.15) is 14.6 Å². The zero-order valence-corrected chi connectivity index (χ0v) is 20.9. The third-order valence-electron chi connectivity index (χ3n) is 5.85. The summed E-state index contributed by atoms with van der Waals surface area (Å²) in [5, 5.41) is 5.16. The van der Waals surface area contributed by atoms with Crippen LogP contribution in [0.25, 0.3) is 11.0 Å². The first-order chi connectivity index (χ1) is 14.9. The molecule has 2 aliphatic rings. The van der Waals surface area contributed by atoms with Gasteiger partial charge in [0.15, 0.2) is 9.84 Å². The summed E-state index contributed by atoms with van der Waals surface area (Å²) >= 11 is 0.783. The monoisotopic (exact) mass is 499 g/mol. The van der Waals surface area contributed by atoms with Crippen LogP contribution >= 0.6 is 11.8 Å². The summed E-state index contributed by atoms with van der Waals surface area (Å²) in [6.07, 6.45) is 3.46. The Bertz CT molecular complexity index is 1270. The number of ether oxygens (including phenoxy) is 1. The lowest BCUT2D eigenvalue weighted by Gasteiger charge is -2.26. The number of nitrogens with zero attached hydrogens (tertiary/aromatic N) is 2. The van der Waals surface area contributed by atoms with Crippen molar-refractivity contribution in [3.05, 3.63) is 34.3 Å². The summed E-state index contributed by atoms with van der Waals surface area (Å²) in [7, 11) is -7.67. The Kier molecular flexibility index (Phi) is 6.25. The second kappa shape index (κ2) is 8.43. The van der Waals surface area contributed by atoms with Crippen LogP contribution in [0, 0.1) is 5.92 Å².